The first-order chi connectivity index (χ1) is 6.20. The molecule has 0 amide bonds. The Morgan fingerprint density at radius 3 is 2.08 bits per heavy atom. The van der Waals surface area contributed by atoms with Gasteiger partial charge in [-0.25, -0.2) is 0 Å². The molecule has 0 aliphatic carbocycles. The molecule has 13 heavy (non-hydrogen) atoms. The van der Waals surface area contributed by atoms with Crippen LogP contribution in [-0.4, -0.2) is 32.7 Å². The van der Waals surface area contributed by atoms with Gasteiger partial charge in [0.2, 0.25) is 0 Å². The van der Waals surface area contributed by atoms with E-state index in [0.717, 1.165) is 6.61 Å². The summed E-state index contributed by atoms with van der Waals surface area (Å²) in [6, 6.07) is 0. The van der Waals surface area contributed by atoms with Crippen LogP contribution in [0.1, 0.15) is 27.7 Å². The highest BCUT2D eigenvalue weighted by molar-refractivity contribution is 4.45. The van der Waals surface area contributed by atoms with Crippen LogP contribution in [-0.2, 0) is 14.2 Å². The number of ether oxygens (including phenoxy) is 3. The highest BCUT2D eigenvalue weighted by Crippen LogP contribution is 2.00. The topological polar surface area (TPSA) is 27.7 Å². The van der Waals surface area contributed by atoms with Gasteiger partial charge in [0.1, 0.15) is 0 Å². The summed E-state index contributed by atoms with van der Waals surface area (Å²) in [4.78, 5) is 0. The molecule has 0 aliphatic rings. The molecule has 0 aliphatic heterocycles. The maximum absolute atomic E-state index is 5.50. The van der Waals surface area contributed by atoms with E-state index >= 15 is 0 Å². The van der Waals surface area contributed by atoms with E-state index in [1.165, 1.54) is 0 Å². The third-order valence-electron chi connectivity index (χ3n) is 1.43. The smallest absolute Gasteiger partial charge is 0.180 e. The Bertz CT molecular complexity index is 104. The average molecular weight is 190 g/mol. The fourth-order valence-electron chi connectivity index (χ4n) is 0.844. The second kappa shape index (κ2) is 8.48. The van der Waals surface area contributed by atoms with E-state index in [9.17, 15) is 0 Å². The summed E-state index contributed by atoms with van der Waals surface area (Å²) in [5.74, 6) is 0.532. The Balaban J connectivity index is 3.53. The van der Waals surface area contributed by atoms with E-state index in [0.29, 0.717) is 25.7 Å². The summed E-state index contributed by atoms with van der Waals surface area (Å²) in [5, 5.41) is 0. The van der Waals surface area contributed by atoms with Gasteiger partial charge < -0.3 is 14.2 Å². The Morgan fingerprint density at radius 1 is 0.923 bits per heavy atom. The summed E-state index contributed by atoms with van der Waals surface area (Å²) in [6.45, 7) is 10.8. The first-order valence-electron chi connectivity index (χ1n) is 5.01. The van der Waals surface area contributed by atoms with Crippen LogP contribution in [0.5, 0.6) is 0 Å². The van der Waals surface area contributed by atoms with Crippen LogP contribution in [0.15, 0.2) is 0 Å². The van der Waals surface area contributed by atoms with E-state index < -0.39 is 0 Å². The monoisotopic (exact) mass is 190 g/mol. The maximum Gasteiger partial charge on any atom is 0.180 e. The molecule has 0 rings (SSSR count). The minimum atomic E-state index is -0.202. The zero-order valence-corrected chi connectivity index (χ0v) is 9.21. The lowest BCUT2D eigenvalue weighted by Gasteiger charge is -2.18. The first-order valence-corrected chi connectivity index (χ1v) is 5.01. The molecule has 0 aromatic heterocycles. The highest BCUT2D eigenvalue weighted by Gasteiger charge is 2.08. The van der Waals surface area contributed by atoms with Gasteiger partial charge in [0.25, 0.3) is 0 Å². The van der Waals surface area contributed by atoms with E-state index in [2.05, 4.69) is 13.8 Å². The number of rotatable bonds is 8. The molecular formula is C10H22O3. The largest absolute Gasteiger partial charge is 0.376 e. The van der Waals surface area contributed by atoms with Crippen LogP contribution in [0.4, 0.5) is 0 Å². The van der Waals surface area contributed by atoms with Crippen molar-refractivity contribution in [2.75, 3.05) is 26.4 Å². The van der Waals surface area contributed by atoms with Gasteiger partial charge in [0.05, 0.1) is 13.2 Å². The summed E-state index contributed by atoms with van der Waals surface area (Å²) in [6.07, 6.45) is -0.202. The quantitative estimate of drug-likeness (QED) is 0.548. The fraction of sp³-hybridized carbons (Fsp3) is 1.00. The van der Waals surface area contributed by atoms with Crippen molar-refractivity contribution in [1.29, 1.82) is 0 Å². The molecule has 0 saturated carbocycles. The van der Waals surface area contributed by atoms with Gasteiger partial charge in [-0.05, 0) is 19.8 Å². The number of hydrogen-bond donors (Lipinski definition) is 0. The minimum Gasteiger partial charge on any atom is -0.376 e. The van der Waals surface area contributed by atoms with Crippen molar-refractivity contribution >= 4 is 0 Å². The molecule has 0 heterocycles. The van der Waals surface area contributed by atoms with E-state index in [-0.39, 0.29) is 6.29 Å². The molecule has 0 aromatic rings. The molecule has 3 nitrogen and oxygen atoms in total. The third kappa shape index (κ3) is 8.22. The SMILES string of the molecule is CCOCC(OCC)OCC(C)C. The van der Waals surface area contributed by atoms with Crippen LogP contribution < -0.4 is 0 Å². The lowest BCUT2D eigenvalue weighted by Crippen LogP contribution is -2.25. The van der Waals surface area contributed by atoms with Crippen molar-refractivity contribution in [3.05, 3.63) is 0 Å². The lowest BCUT2D eigenvalue weighted by molar-refractivity contribution is -0.173. The third-order valence-corrected chi connectivity index (χ3v) is 1.43. The van der Waals surface area contributed by atoms with Gasteiger partial charge >= 0.3 is 0 Å². The van der Waals surface area contributed by atoms with Crippen molar-refractivity contribution < 1.29 is 14.2 Å². The lowest BCUT2D eigenvalue weighted by atomic mass is 10.2. The normalized spacial score (nSPS) is 13.6. The van der Waals surface area contributed by atoms with Gasteiger partial charge in [-0.2, -0.15) is 0 Å². The second-order valence-electron chi connectivity index (χ2n) is 3.27. The zero-order valence-electron chi connectivity index (χ0n) is 9.21. The van der Waals surface area contributed by atoms with Gasteiger partial charge in [-0.15, -0.1) is 0 Å². The molecule has 0 radical (unpaired) electrons. The van der Waals surface area contributed by atoms with Crippen molar-refractivity contribution in [1.82, 2.24) is 0 Å². The van der Waals surface area contributed by atoms with Gasteiger partial charge in [-0.3, -0.25) is 0 Å². The molecule has 0 spiro atoms. The molecule has 1 unspecified atom stereocenters. The van der Waals surface area contributed by atoms with Crippen LogP contribution in [0, 0.1) is 5.92 Å². The fourth-order valence-corrected chi connectivity index (χ4v) is 0.844. The standard InChI is InChI=1S/C10H22O3/c1-5-11-8-10(12-6-2)13-7-9(3)4/h9-10H,5-8H2,1-4H3. The molecule has 0 saturated heterocycles. The van der Waals surface area contributed by atoms with Gasteiger partial charge in [0, 0.05) is 13.2 Å². The van der Waals surface area contributed by atoms with Crippen molar-refractivity contribution in [3.8, 4) is 0 Å². The molecule has 80 valence electrons. The van der Waals surface area contributed by atoms with Crippen molar-refractivity contribution in [2.24, 2.45) is 5.92 Å². The van der Waals surface area contributed by atoms with Crippen molar-refractivity contribution in [2.45, 2.75) is 34.0 Å². The second-order valence-corrected chi connectivity index (χ2v) is 3.27. The molecule has 0 N–H and O–H groups in total. The summed E-state index contributed by atoms with van der Waals surface area (Å²) in [7, 11) is 0. The molecule has 1 atom stereocenters. The predicted molar refractivity (Wildman–Crippen MR) is 52.7 cm³/mol. The van der Waals surface area contributed by atoms with E-state index in [4.69, 9.17) is 14.2 Å². The molecular weight excluding hydrogens is 168 g/mol. The van der Waals surface area contributed by atoms with E-state index in [1.807, 2.05) is 13.8 Å². The summed E-state index contributed by atoms with van der Waals surface area (Å²) < 4.78 is 16.1. The Morgan fingerprint density at radius 2 is 1.62 bits per heavy atom. The van der Waals surface area contributed by atoms with Gasteiger partial charge in [0.15, 0.2) is 6.29 Å². The van der Waals surface area contributed by atoms with E-state index in [1.54, 1.807) is 0 Å². The van der Waals surface area contributed by atoms with Gasteiger partial charge in [-0.1, -0.05) is 13.8 Å². The molecule has 0 fully saturated rings. The Labute approximate surface area is 81.4 Å². The van der Waals surface area contributed by atoms with Crippen LogP contribution in [0.2, 0.25) is 0 Å². The van der Waals surface area contributed by atoms with Crippen LogP contribution >= 0.6 is 0 Å². The molecule has 0 bridgehead atoms. The first kappa shape index (κ1) is 12.9. The Hall–Kier alpha value is -0.120. The average Bonchev–Trinajstić information content (AvgIpc) is 2.09. The predicted octanol–water partition coefficient (Wildman–Crippen LogP) is 2.06. The molecule has 3 heteroatoms. The highest BCUT2D eigenvalue weighted by atomic mass is 16.7. The zero-order chi connectivity index (χ0) is 10.1. The summed E-state index contributed by atoms with van der Waals surface area (Å²) >= 11 is 0. The summed E-state index contributed by atoms with van der Waals surface area (Å²) in [5.41, 5.74) is 0. The number of hydrogen-bond acceptors (Lipinski definition) is 3. The Kier molecular flexibility index (Phi) is 8.40. The molecule has 0 aromatic carbocycles. The minimum absolute atomic E-state index is 0.202. The maximum atomic E-state index is 5.50. The van der Waals surface area contributed by atoms with Crippen LogP contribution in [0.25, 0.3) is 0 Å². The van der Waals surface area contributed by atoms with Crippen LogP contribution in [0.3, 0.4) is 0 Å². The van der Waals surface area contributed by atoms with Crippen molar-refractivity contribution in [3.63, 3.8) is 0 Å².